The van der Waals surface area contributed by atoms with Gasteiger partial charge in [0.25, 0.3) is 0 Å². The average molecular weight is 291 g/mol. The number of carbonyl (C=O) groups excluding carboxylic acids is 1. The van der Waals surface area contributed by atoms with Crippen LogP contribution < -0.4 is 5.32 Å². The predicted octanol–water partition coefficient (Wildman–Crippen LogP) is 1.78. The van der Waals surface area contributed by atoms with Gasteiger partial charge in [-0.2, -0.15) is 0 Å². The Hall–Kier alpha value is -2.28. The molecule has 110 valence electrons. The first-order valence-corrected chi connectivity index (χ1v) is 6.71. The molecule has 1 amide bonds. The molecule has 2 aromatic rings. The van der Waals surface area contributed by atoms with Gasteiger partial charge < -0.3 is 14.5 Å². The summed E-state index contributed by atoms with van der Waals surface area (Å²) in [5.41, 5.74) is 0.557. The van der Waals surface area contributed by atoms with Crippen LogP contribution in [0.15, 0.2) is 28.7 Å². The fourth-order valence-corrected chi connectivity index (χ4v) is 2.11. The minimum atomic E-state index is -0.439. The van der Waals surface area contributed by atoms with Crippen LogP contribution in [-0.2, 0) is 4.74 Å². The number of benzene rings is 1. The molecule has 3 rings (SSSR count). The third-order valence-electron chi connectivity index (χ3n) is 3.22. The SMILES string of the molecule is O=C(NCC1CCCO1)c1nnc(-c2ccc(F)cc2)o1. The van der Waals surface area contributed by atoms with E-state index >= 15 is 0 Å². The van der Waals surface area contributed by atoms with Gasteiger partial charge in [-0.15, -0.1) is 10.2 Å². The largest absolute Gasteiger partial charge is 0.412 e. The maximum Gasteiger partial charge on any atom is 0.308 e. The van der Waals surface area contributed by atoms with Gasteiger partial charge in [0.05, 0.1) is 6.10 Å². The second kappa shape index (κ2) is 6.01. The van der Waals surface area contributed by atoms with E-state index in [2.05, 4.69) is 15.5 Å². The Morgan fingerprint density at radius 3 is 2.86 bits per heavy atom. The Balaban J connectivity index is 1.63. The molecule has 1 N–H and O–H groups in total. The summed E-state index contributed by atoms with van der Waals surface area (Å²) in [5.74, 6) is -0.733. The maximum absolute atomic E-state index is 12.8. The number of nitrogens with one attached hydrogen (secondary N) is 1. The lowest BCUT2D eigenvalue weighted by molar-refractivity contribution is 0.0830. The van der Waals surface area contributed by atoms with Crippen molar-refractivity contribution < 1.29 is 18.3 Å². The summed E-state index contributed by atoms with van der Waals surface area (Å²) in [4.78, 5) is 11.9. The predicted molar refractivity (Wildman–Crippen MR) is 71.0 cm³/mol. The molecule has 0 saturated carbocycles. The zero-order chi connectivity index (χ0) is 14.7. The summed E-state index contributed by atoms with van der Waals surface area (Å²) < 4.78 is 23.5. The molecule has 21 heavy (non-hydrogen) atoms. The molecule has 0 spiro atoms. The number of amides is 1. The molecular formula is C14H14FN3O3. The lowest BCUT2D eigenvalue weighted by Gasteiger charge is -2.08. The monoisotopic (exact) mass is 291 g/mol. The Bertz CT molecular complexity index is 621. The highest BCUT2D eigenvalue weighted by atomic mass is 19.1. The van der Waals surface area contributed by atoms with Crippen molar-refractivity contribution in [3.05, 3.63) is 36.0 Å². The number of hydrogen-bond acceptors (Lipinski definition) is 5. The molecule has 1 aromatic heterocycles. The van der Waals surface area contributed by atoms with E-state index < -0.39 is 5.91 Å². The molecule has 1 aliphatic heterocycles. The minimum absolute atomic E-state index is 0.0495. The van der Waals surface area contributed by atoms with Crippen LogP contribution in [-0.4, -0.2) is 35.4 Å². The molecule has 1 aliphatic rings. The number of hydrogen-bond donors (Lipinski definition) is 1. The van der Waals surface area contributed by atoms with Gasteiger partial charge in [0.15, 0.2) is 0 Å². The quantitative estimate of drug-likeness (QED) is 0.929. The van der Waals surface area contributed by atoms with Crippen LogP contribution in [0.1, 0.15) is 23.5 Å². The van der Waals surface area contributed by atoms with Crippen LogP contribution in [0, 0.1) is 5.82 Å². The average Bonchev–Trinajstić information content (AvgIpc) is 3.17. The molecule has 0 radical (unpaired) electrons. The number of ether oxygens (including phenoxy) is 1. The summed E-state index contributed by atoms with van der Waals surface area (Å²) in [5, 5.41) is 10.2. The Labute approximate surface area is 120 Å². The van der Waals surface area contributed by atoms with Crippen molar-refractivity contribution >= 4 is 5.91 Å². The molecule has 1 saturated heterocycles. The summed E-state index contributed by atoms with van der Waals surface area (Å²) in [6.45, 7) is 1.16. The van der Waals surface area contributed by atoms with Crippen LogP contribution in [0.3, 0.4) is 0 Å². The molecule has 2 heterocycles. The molecule has 7 heteroatoms. The number of halogens is 1. The van der Waals surface area contributed by atoms with E-state index in [9.17, 15) is 9.18 Å². The van der Waals surface area contributed by atoms with Gasteiger partial charge >= 0.3 is 11.8 Å². The van der Waals surface area contributed by atoms with E-state index in [4.69, 9.17) is 9.15 Å². The molecule has 6 nitrogen and oxygen atoms in total. The molecule has 1 aromatic carbocycles. The topological polar surface area (TPSA) is 77.2 Å². The smallest absolute Gasteiger partial charge is 0.308 e. The van der Waals surface area contributed by atoms with Gasteiger partial charge in [-0.3, -0.25) is 4.79 Å². The second-order valence-electron chi connectivity index (χ2n) is 4.76. The maximum atomic E-state index is 12.8. The number of aromatic nitrogens is 2. The highest BCUT2D eigenvalue weighted by molar-refractivity contribution is 5.89. The third-order valence-corrected chi connectivity index (χ3v) is 3.22. The lowest BCUT2D eigenvalue weighted by Crippen LogP contribution is -2.31. The highest BCUT2D eigenvalue weighted by Crippen LogP contribution is 2.18. The summed E-state index contributed by atoms with van der Waals surface area (Å²) >= 11 is 0. The zero-order valence-electron chi connectivity index (χ0n) is 11.2. The van der Waals surface area contributed by atoms with E-state index in [1.54, 1.807) is 0 Å². The number of carbonyl (C=O) groups is 1. The second-order valence-corrected chi connectivity index (χ2v) is 4.76. The summed E-state index contributed by atoms with van der Waals surface area (Å²) in [7, 11) is 0. The van der Waals surface area contributed by atoms with Crippen LogP contribution in [0.5, 0.6) is 0 Å². The first kappa shape index (κ1) is 13.7. The van der Waals surface area contributed by atoms with Crippen molar-refractivity contribution in [2.45, 2.75) is 18.9 Å². The first-order valence-electron chi connectivity index (χ1n) is 6.71. The van der Waals surface area contributed by atoms with Crippen LogP contribution in [0.25, 0.3) is 11.5 Å². The normalized spacial score (nSPS) is 17.9. The van der Waals surface area contributed by atoms with Crippen molar-refractivity contribution in [2.75, 3.05) is 13.2 Å². The lowest BCUT2D eigenvalue weighted by atomic mass is 10.2. The zero-order valence-corrected chi connectivity index (χ0v) is 11.2. The minimum Gasteiger partial charge on any atom is -0.412 e. The number of rotatable bonds is 4. The standard InChI is InChI=1S/C14H14FN3O3/c15-10-5-3-9(4-6-10)13-17-18-14(21-13)12(19)16-8-11-2-1-7-20-11/h3-6,11H,1-2,7-8H2,(H,16,19). The van der Waals surface area contributed by atoms with Gasteiger partial charge in [0.1, 0.15) is 5.82 Å². The van der Waals surface area contributed by atoms with Crippen molar-refractivity contribution in [1.82, 2.24) is 15.5 Å². The van der Waals surface area contributed by atoms with Crippen LogP contribution in [0.2, 0.25) is 0 Å². The van der Waals surface area contributed by atoms with E-state index in [1.807, 2.05) is 0 Å². The fourth-order valence-electron chi connectivity index (χ4n) is 2.11. The molecule has 0 aliphatic carbocycles. The fraction of sp³-hybridized carbons (Fsp3) is 0.357. The number of nitrogens with zero attached hydrogens (tertiary/aromatic N) is 2. The van der Waals surface area contributed by atoms with Crippen molar-refractivity contribution in [3.63, 3.8) is 0 Å². The van der Waals surface area contributed by atoms with E-state index in [0.717, 1.165) is 19.4 Å². The Kier molecular flexibility index (Phi) is 3.92. The molecule has 1 fully saturated rings. The van der Waals surface area contributed by atoms with Gasteiger partial charge in [-0.05, 0) is 37.1 Å². The molecular weight excluding hydrogens is 277 g/mol. The summed E-state index contributed by atoms with van der Waals surface area (Å²) in [6.07, 6.45) is 1.99. The van der Waals surface area contributed by atoms with Crippen molar-refractivity contribution in [1.29, 1.82) is 0 Å². The van der Waals surface area contributed by atoms with Crippen molar-refractivity contribution in [2.24, 2.45) is 0 Å². The summed E-state index contributed by atoms with van der Waals surface area (Å²) in [6, 6.07) is 5.60. The van der Waals surface area contributed by atoms with Gasteiger partial charge in [0.2, 0.25) is 5.89 Å². The van der Waals surface area contributed by atoms with E-state index in [0.29, 0.717) is 12.1 Å². The van der Waals surface area contributed by atoms with Gasteiger partial charge in [0, 0.05) is 18.7 Å². The van der Waals surface area contributed by atoms with Crippen molar-refractivity contribution in [3.8, 4) is 11.5 Å². The Morgan fingerprint density at radius 2 is 2.14 bits per heavy atom. The molecule has 1 atom stereocenters. The van der Waals surface area contributed by atoms with E-state index in [-0.39, 0.29) is 23.7 Å². The van der Waals surface area contributed by atoms with Gasteiger partial charge in [-0.1, -0.05) is 0 Å². The van der Waals surface area contributed by atoms with Crippen LogP contribution >= 0.6 is 0 Å². The first-order chi connectivity index (χ1) is 10.2. The third kappa shape index (κ3) is 3.25. The van der Waals surface area contributed by atoms with Crippen LogP contribution in [0.4, 0.5) is 4.39 Å². The molecule has 0 bridgehead atoms. The van der Waals surface area contributed by atoms with Gasteiger partial charge in [-0.25, -0.2) is 4.39 Å². The molecule has 1 unspecified atom stereocenters. The Morgan fingerprint density at radius 1 is 1.33 bits per heavy atom. The van der Waals surface area contributed by atoms with E-state index in [1.165, 1.54) is 24.3 Å². The highest BCUT2D eigenvalue weighted by Gasteiger charge is 2.20.